The van der Waals surface area contributed by atoms with Crippen LogP contribution in [0, 0.1) is 10.1 Å². The number of tetrazole rings is 1. The zero-order valence-corrected chi connectivity index (χ0v) is 14.8. The van der Waals surface area contributed by atoms with E-state index in [0.717, 1.165) is 13.2 Å². The summed E-state index contributed by atoms with van der Waals surface area (Å²) in [6.07, 6.45) is 1.40. The Hall–Kier alpha value is -4.35. The van der Waals surface area contributed by atoms with Crippen molar-refractivity contribution in [3.8, 4) is 0 Å². The second-order valence-electron chi connectivity index (χ2n) is 5.91. The highest BCUT2D eigenvalue weighted by Crippen LogP contribution is 2.37. The summed E-state index contributed by atoms with van der Waals surface area (Å²) in [5.41, 5.74) is -0.525. The number of anilines is 1. The molecular formula is C17H12N6O6. The quantitative estimate of drug-likeness (QED) is 0.290. The van der Waals surface area contributed by atoms with Crippen molar-refractivity contribution >= 4 is 23.4 Å². The fraction of sp³-hybridized carbons (Fsp3) is 0.118. The Morgan fingerprint density at radius 1 is 1.31 bits per heavy atom. The maximum atomic E-state index is 13.4. The number of nitro groups is 1. The van der Waals surface area contributed by atoms with E-state index in [0.29, 0.717) is 0 Å². The lowest BCUT2D eigenvalue weighted by molar-refractivity contribution is -0.384. The third-order valence-corrected chi connectivity index (χ3v) is 4.28. The molecule has 1 aromatic carbocycles. The number of esters is 1. The van der Waals surface area contributed by atoms with E-state index in [2.05, 4.69) is 20.8 Å². The first kappa shape index (κ1) is 18.0. The number of aromatic nitrogens is 4. The van der Waals surface area contributed by atoms with Crippen LogP contribution in [0.25, 0.3) is 0 Å². The number of hydrogen-bond acceptors (Lipinski definition) is 10. The molecule has 0 radical (unpaired) electrons. The molecule has 3 heterocycles. The molecular weight excluding hydrogens is 384 g/mol. The van der Waals surface area contributed by atoms with Gasteiger partial charge in [0.2, 0.25) is 5.95 Å². The fourth-order valence-electron chi connectivity index (χ4n) is 3.01. The lowest BCUT2D eigenvalue weighted by Gasteiger charge is -2.26. The van der Waals surface area contributed by atoms with Gasteiger partial charge in [0.25, 0.3) is 5.69 Å². The predicted molar refractivity (Wildman–Crippen MR) is 94.8 cm³/mol. The van der Waals surface area contributed by atoms with Gasteiger partial charge in [0.05, 0.1) is 23.9 Å². The van der Waals surface area contributed by atoms with E-state index in [4.69, 9.17) is 9.15 Å². The van der Waals surface area contributed by atoms with E-state index in [-0.39, 0.29) is 34.2 Å². The molecule has 1 atom stereocenters. The SMILES string of the molecule is COC(=O)C1=C(C(=O)c2cccc([N+](=O)[O-])c2)[C@H](c2ccco2)n2nnnc2N1. The molecule has 0 saturated carbocycles. The third-order valence-electron chi connectivity index (χ3n) is 4.28. The van der Waals surface area contributed by atoms with E-state index in [1.54, 1.807) is 12.1 Å². The van der Waals surface area contributed by atoms with Gasteiger partial charge in [-0.3, -0.25) is 14.9 Å². The van der Waals surface area contributed by atoms with Crippen LogP contribution in [0.2, 0.25) is 0 Å². The number of rotatable bonds is 5. The molecule has 2 aromatic heterocycles. The van der Waals surface area contributed by atoms with Crippen LogP contribution >= 0.6 is 0 Å². The molecule has 3 aromatic rings. The Morgan fingerprint density at radius 2 is 2.14 bits per heavy atom. The summed E-state index contributed by atoms with van der Waals surface area (Å²) in [5, 5.41) is 25.0. The van der Waals surface area contributed by atoms with Crippen LogP contribution in [-0.2, 0) is 9.53 Å². The van der Waals surface area contributed by atoms with Gasteiger partial charge >= 0.3 is 5.97 Å². The van der Waals surface area contributed by atoms with Crippen LogP contribution in [0.1, 0.15) is 22.2 Å². The number of allylic oxidation sites excluding steroid dienone is 1. The number of furan rings is 1. The van der Waals surface area contributed by atoms with E-state index in [1.807, 2.05) is 0 Å². The monoisotopic (exact) mass is 396 g/mol. The Morgan fingerprint density at radius 3 is 2.83 bits per heavy atom. The zero-order valence-electron chi connectivity index (χ0n) is 14.8. The summed E-state index contributed by atoms with van der Waals surface area (Å²) < 4.78 is 11.5. The first-order valence-electron chi connectivity index (χ1n) is 8.21. The van der Waals surface area contributed by atoms with Crippen molar-refractivity contribution in [2.24, 2.45) is 0 Å². The minimum atomic E-state index is -0.989. The van der Waals surface area contributed by atoms with Crippen LogP contribution in [0.4, 0.5) is 11.6 Å². The first-order valence-corrected chi connectivity index (χ1v) is 8.21. The molecule has 12 heteroatoms. The average Bonchev–Trinajstić information content (AvgIpc) is 3.43. The number of hydrogen-bond donors (Lipinski definition) is 1. The van der Waals surface area contributed by atoms with Crippen LogP contribution in [-0.4, -0.2) is 44.0 Å². The molecule has 1 aliphatic rings. The molecule has 0 fully saturated rings. The molecule has 29 heavy (non-hydrogen) atoms. The average molecular weight is 396 g/mol. The highest BCUT2D eigenvalue weighted by molar-refractivity contribution is 6.15. The maximum absolute atomic E-state index is 13.4. The summed E-state index contributed by atoms with van der Waals surface area (Å²) in [5.74, 6) is -1.09. The lowest BCUT2D eigenvalue weighted by Crippen LogP contribution is -2.32. The minimum absolute atomic E-state index is 0.00508. The second kappa shape index (κ2) is 6.99. The van der Waals surface area contributed by atoms with Gasteiger partial charge in [-0.25, -0.2) is 4.79 Å². The van der Waals surface area contributed by atoms with Crippen molar-refractivity contribution in [3.05, 3.63) is 75.4 Å². The van der Waals surface area contributed by atoms with Gasteiger partial charge in [-0.05, 0) is 22.6 Å². The van der Waals surface area contributed by atoms with Crippen molar-refractivity contribution in [3.63, 3.8) is 0 Å². The summed E-state index contributed by atoms with van der Waals surface area (Å²) in [6.45, 7) is 0. The fourth-order valence-corrected chi connectivity index (χ4v) is 3.01. The van der Waals surface area contributed by atoms with E-state index in [1.165, 1.54) is 29.1 Å². The molecule has 1 N–H and O–H groups in total. The number of carbonyl (C=O) groups is 2. The number of carbonyl (C=O) groups excluding carboxylic acids is 2. The van der Waals surface area contributed by atoms with Gasteiger partial charge in [-0.15, -0.1) is 0 Å². The molecule has 0 spiro atoms. The van der Waals surface area contributed by atoms with E-state index >= 15 is 0 Å². The van der Waals surface area contributed by atoms with Gasteiger partial charge < -0.3 is 14.5 Å². The number of Topliss-reactive ketones (excluding diaryl/α,β-unsaturated/α-hetero) is 1. The summed E-state index contributed by atoms with van der Waals surface area (Å²) >= 11 is 0. The van der Waals surface area contributed by atoms with Gasteiger partial charge in [0.15, 0.2) is 5.78 Å². The lowest BCUT2D eigenvalue weighted by atomic mass is 9.92. The first-order chi connectivity index (χ1) is 14.0. The molecule has 1 aliphatic heterocycles. The molecule has 4 rings (SSSR count). The van der Waals surface area contributed by atoms with E-state index < -0.39 is 22.7 Å². The number of nitro benzene ring substituents is 1. The minimum Gasteiger partial charge on any atom is -0.467 e. The zero-order chi connectivity index (χ0) is 20.5. The summed E-state index contributed by atoms with van der Waals surface area (Å²) in [6, 6.07) is 7.38. The molecule has 0 aliphatic carbocycles. The standard InChI is InChI=1S/C17H12N6O6/c1-28-16(25)13-12(15(24)9-4-2-5-10(8-9)23(26)27)14(11-6-3-7-29-11)22-17(18-13)19-20-21-22/h2-8,14H,1H3,(H,18,19,21)/t14-/m0/s1. The van der Waals surface area contributed by atoms with Gasteiger partial charge in [0.1, 0.15) is 17.5 Å². The topological polar surface area (TPSA) is 155 Å². The van der Waals surface area contributed by atoms with Gasteiger partial charge in [0, 0.05) is 17.7 Å². The number of nitrogens with zero attached hydrogens (tertiary/aromatic N) is 5. The molecule has 0 bridgehead atoms. The van der Waals surface area contributed by atoms with E-state index in [9.17, 15) is 19.7 Å². The number of methoxy groups -OCH3 is 1. The number of benzene rings is 1. The molecule has 12 nitrogen and oxygen atoms in total. The molecule has 0 unspecified atom stereocenters. The highest BCUT2D eigenvalue weighted by Gasteiger charge is 2.40. The smallest absolute Gasteiger partial charge is 0.355 e. The number of ether oxygens (including phenoxy) is 1. The molecule has 146 valence electrons. The number of non-ortho nitro benzene ring substituents is 1. The van der Waals surface area contributed by atoms with Crippen LogP contribution < -0.4 is 5.32 Å². The van der Waals surface area contributed by atoms with Crippen molar-refractivity contribution < 1.29 is 23.7 Å². The molecule has 0 amide bonds. The number of fused-ring (bicyclic) bond motifs is 1. The normalized spacial score (nSPS) is 15.4. The second-order valence-corrected chi connectivity index (χ2v) is 5.91. The number of nitrogens with one attached hydrogen (secondary N) is 1. The summed E-state index contributed by atoms with van der Waals surface area (Å²) in [4.78, 5) is 36.3. The predicted octanol–water partition coefficient (Wildman–Crippen LogP) is 1.50. The Balaban J connectivity index is 1.93. The van der Waals surface area contributed by atoms with Crippen LogP contribution in [0.5, 0.6) is 0 Å². The highest BCUT2D eigenvalue weighted by atomic mass is 16.6. The Bertz CT molecular complexity index is 1150. The van der Waals surface area contributed by atoms with Crippen molar-refractivity contribution in [1.29, 1.82) is 0 Å². The van der Waals surface area contributed by atoms with Crippen molar-refractivity contribution in [2.45, 2.75) is 6.04 Å². The summed E-state index contributed by atoms with van der Waals surface area (Å²) in [7, 11) is 1.16. The third kappa shape index (κ3) is 3.01. The molecule has 0 saturated heterocycles. The maximum Gasteiger partial charge on any atom is 0.355 e. The van der Waals surface area contributed by atoms with Gasteiger partial charge in [-0.2, -0.15) is 4.68 Å². The number of ketones is 1. The van der Waals surface area contributed by atoms with Crippen LogP contribution in [0.3, 0.4) is 0 Å². The van der Waals surface area contributed by atoms with Crippen molar-refractivity contribution in [2.75, 3.05) is 12.4 Å². The Kier molecular flexibility index (Phi) is 4.35. The van der Waals surface area contributed by atoms with Crippen molar-refractivity contribution in [1.82, 2.24) is 20.2 Å². The van der Waals surface area contributed by atoms with Gasteiger partial charge in [-0.1, -0.05) is 17.2 Å². The Labute approximate surface area is 161 Å². The van der Waals surface area contributed by atoms with Crippen LogP contribution in [0.15, 0.2) is 58.3 Å². The largest absolute Gasteiger partial charge is 0.467 e.